The lowest BCUT2D eigenvalue weighted by Gasteiger charge is -2.29. The van der Waals surface area contributed by atoms with E-state index in [4.69, 9.17) is 20.8 Å². The Labute approximate surface area is 146 Å². The van der Waals surface area contributed by atoms with Crippen molar-refractivity contribution in [1.82, 2.24) is 9.88 Å². The number of aromatic nitrogens is 1. The summed E-state index contributed by atoms with van der Waals surface area (Å²) in [5.74, 6) is 1.38. The van der Waals surface area contributed by atoms with Gasteiger partial charge in [0.15, 0.2) is 5.76 Å². The Morgan fingerprint density at radius 2 is 2.04 bits per heavy atom. The zero-order valence-corrected chi connectivity index (χ0v) is 14.5. The molecule has 3 rings (SSSR count). The molecule has 1 aromatic carbocycles. The van der Waals surface area contributed by atoms with Gasteiger partial charge in [-0.1, -0.05) is 11.6 Å². The molecule has 0 unspecified atom stereocenters. The van der Waals surface area contributed by atoms with E-state index in [2.05, 4.69) is 9.88 Å². The summed E-state index contributed by atoms with van der Waals surface area (Å²) in [5.41, 5.74) is 0.958. The Kier molecular flexibility index (Phi) is 5.53. The number of nitrogens with zero attached hydrogens (tertiary/aromatic N) is 2. The van der Waals surface area contributed by atoms with Crippen molar-refractivity contribution >= 4 is 17.6 Å². The standard InChI is InChI=1S/C18H21ClN2O3/c1-2-23-18(22)14-7-9-21(10-8-14)12-17-20-11-16(24-17)13-3-5-15(19)6-4-13/h3-6,11,14H,2,7-10,12H2,1H3. The van der Waals surface area contributed by atoms with Crippen molar-refractivity contribution in [3.63, 3.8) is 0 Å². The number of halogens is 1. The van der Waals surface area contributed by atoms with Crippen LogP contribution < -0.4 is 0 Å². The number of carbonyl (C=O) groups is 1. The van der Waals surface area contributed by atoms with Gasteiger partial charge in [-0.2, -0.15) is 0 Å². The van der Waals surface area contributed by atoms with Crippen LogP contribution in [0.25, 0.3) is 11.3 Å². The van der Waals surface area contributed by atoms with Gasteiger partial charge in [0, 0.05) is 10.6 Å². The summed E-state index contributed by atoms with van der Waals surface area (Å²) < 4.78 is 10.9. The fourth-order valence-electron chi connectivity index (χ4n) is 2.91. The first-order chi connectivity index (χ1) is 11.7. The predicted octanol–water partition coefficient (Wildman–Crippen LogP) is 3.77. The molecule has 6 heteroatoms. The topological polar surface area (TPSA) is 55.6 Å². The molecule has 1 aliphatic rings. The van der Waals surface area contributed by atoms with E-state index in [1.54, 1.807) is 6.20 Å². The fraction of sp³-hybridized carbons (Fsp3) is 0.444. The lowest BCUT2D eigenvalue weighted by molar-refractivity contribution is -0.149. The van der Waals surface area contributed by atoms with Crippen molar-refractivity contribution in [2.24, 2.45) is 5.92 Å². The highest BCUT2D eigenvalue weighted by atomic mass is 35.5. The average molecular weight is 349 g/mol. The molecule has 128 valence electrons. The van der Waals surface area contributed by atoms with Gasteiger partial charge in [0.05, 0.1) is 25.3 Å². The number of esters is 1. The second-order valence-corrected chi connectivity index (χ2v) is 6.36. The van der Waals surface area contributed by atoms with E-state index in [1.165, 1.54) is 0 Å². The summed E-state index contributed by atoms with van der Waals surface area (Å²) in [6.45, 7) is 4.64. The van der Waals surface area contributed by atoms with E-state index in [1.807, 2.05) is 31.2 Å². The van der Waals surface area contributed by atoms with Crippen molar-refractivity contribution in [2.75, 3.05) is 19.7 Å². The molecule has 1 fully saturated rings. The molecule has 5 nitrogen and oxygen atoms in total. The molecule has 2 heterocycles. The number of piperidine rings is 1. The summed E-state index contributed by atoms with van der Waals surface area (Å²) in [5, 5.41) is 0.697. The number of hydrogen-bond donors (Lipinski definition) is 0. The zero-order chi connectivity index (χ0) is 16.9. The molecular weight excluding hydrogens is 328 g/mol. The molecular formula is C18H21ClN2O3. The Morgan fingerprint density at radius 3 is 2.71 bits per heavy atom. The SMILES string of the molecule is CCOC(=O)C1CCN(Cc2ncc(-c3ccc(Cl)cc3)o2)CC1. The monoisotopic (exact) mass is 348 g/mol. The first kappa shape index (κ1) is 17.0. The van der Waals surface area contributed by atoms with Gasteiger partial charge in [0.2, 0.25) is 5.89 Å². The van der Waals surface area contributed by atoms with E-state index in [0.29, 0.717) is 24.1 Å². The van der Waals surface area contributed by atoms with Gasteiger partial charge in [-0.25, -0.2) is 4.98 Å². The van der Waals surface area contributed by atoms with Gasteiger partial charge in [-0.15, -0.1) is 0 Å². The third-order valence-electron chi connectivity index (χ3n) is 4.25. The van der Waals surface area contributed by atoms with Gasteiger partial charge in [-0.3, -0.25) is 9.69 Å². The quantitative estimate of drug-likeness (QED) is 0.770. The normalized spacial score (nSPS) is 16.2. The van der Waals surface area contributed by atoms with Crippen molar-refractivity contribution in [3.05, 3.63) is 41.4 Å². The molecule has 0 atom stereocenters. The number of rotatable bonds is 5. The van der Waals surface area contributed by atoms with Crippen LogP contribution in [0.4, 0.5) is 0 Å². The summed E-state index contributed by atoms with van der Waals surface area (Å²) in [6, 6.07) is 7.49. The number of benzene rings is 1. The smallest absolute Gasteiger partial charge is 0.309 e. The molecule has 1 saturated heterocycles. The number of likely N-dealkylation sites (tertiary alicyclic amines) is 1. The maximum Gasteiger partial charge on any atom is 0.309 e. The summed E-state index contributed by atoms with van der Waals surface area (Å²) in [7, 11) is 0. The Bertz CT molecular complexity index is 676. The highest BCUT2D eigenvalue weighted by Crippen LogP contribution is 2.24. The van der Waals surface area contributed by atoms with Crippen LogP contribution >= 0.6 is 11.6 Å². The van der Waals surface area contributed by atoms with Gasteiger partial charge >= 0.3 is 5.97 Å². The number of carbonyl (C=O) groups excluding carboxylic acids is 1. The van der Waals surface area contributed by atoms with Crippen LogP contribution in [0.2, 0.25) is 5.02 Å². The van der Waals surface area contributed by atoms with Gasteiger partial charge in [-0.05, 0) is 57.1 Å². The lowest BCUT2D eigenvalue weighted by Crippen LogP contribution is -2.36. The number of hydrogen-bond acceptors (Lipinski definition) is 5. The molecule has 0 spiro atoms. The first-order valence-electron chi connectivity index (χ1n) is 8.25. The van der Waals surface area contributed by atoms with Crippen molar-refractivity contribution < 1.29 is 13.9 Å². The lowest BCUT2D eigenvalue weighted by atomic mass is 9.97. The molecule has 2 aromatic rings. The van der Waals surface area contributed by atoms with E-state index in [9.17, 15) is 4.79 Å². The van der Waals surface area contributed by atoms with Crippen LogP contribution in [0.15, 0.2) is 34.9 Å². The molecule has 1 aliphatic heterocycles. The Hall–Kier alpha value is -1.85. The largest absolute Gasteiger partial charge is 0.466 e. The molecule has 1 aromatic heterocycles. The van der Waals surface area contributed by atoms with Gasteiger partial charge in [0.25, 0.3) is 0 Å². The molecule has 0 bridgehead atoms. The number of oxazole rings is 1. The Morgan fingerprint density at radius 1 is 1.33 bits per heavy atom. The average Bonchev–Trinajstić information content (AvgIpc) is 3.05. The second-order valence-electron chi connectivity index (χ2n) is 5.93. The predicted molar refractivity (Wildman–Crippen MR) is 91.6 cm³/mol. The van der Waals surface area contributed by atoms with Crippen LogP contribution in [0.1, 0.15) is 25.7 Å². The van der Waals surface area contributed by atoms with Crippen molar-refractivity contribution in [1.29, 1.82) is 0 Å². The van der Waals surface area contributed by atoms with Gasteiger partial charge < -0.3 is 9.15 Å². The number of ether oxygens (including phenoxy) is 1. The minimum absolute atomic E-state index is 0.0235. The summed E-state index contributed by atoms with van der Waals surface area (Å²) in [4.78, 5) is 18.4. The maximum atomic E-state index is 11.8. The fourth-order valence-corrected chi connectivity index (χ4v) is 3.04. The first-order valence-corrected chi connectivity index (χ1v) is 8.63. The minimum Gasteiger partial charge on any atom is -0.466 e. The van der Waals surface area contributed by atoms with E-state index in [0.717, 1.165) is 37.3 Å². The maximum absolute atomic E-state index is 11.8. The Balaban J connectivity index is 1.54. The third kappa shape index (κ3) is 4.16. The van der Waals surface area contributed by atoms with E-state index in [-0.39, 0.29) is 11.9 Å². The van der Waals surface area contributed by atoms with Gasteiger partial charge in [0.1, 0.15) is 0 Å². The molecule has 0 N–H and O–H groups in total. The molecule has 0 amide bonds. The van der Waals surface area contributed by atoms with Crippen LogP contribution in [-0.2, 0) is 16.1 Å². The van der Waals surface area contributed by atoms with Crippen LogP contribution in [-0.4, -0.2) is 35.5 Å². The highest BCUT2D eigenvalue weighted by molar-refractivity contribution is 6.30. The molecule has 0 aliphatic carbocycles. The molecule has 0 radical (unpaired) electrons. The second kappa shape index (κ2) is 7.81. The molecule has 24 heavy (non-hydrogen) atoms. The van der Waals surface area contributed by atoms with Crippen LogP contribution in [0.5, 0.6) is 0 Å². The van der Waals surface area contributed by atoms with E-state index >= 15 is 0 Å². The zero-order valence-electron chi connectivity index (χ0n) is 13.7. The summed E-state index contributed by atoms with van der Waals surface area (Å²) >= 11 is 5.90. The highest BCUT2D eigenvalue weighted by Gasteiger charge is 2.26. The molecule has 0 saturated carbocycles. The van der Waals surface area contributed by atoms with E-state index < -0.39 is 0 Å². The summed E-state index contributed by atoms with van der Waals surface area (Å²) in [6.07, 6.45) is 3.39. The minimum atomic E-state index is -0.0710. The van der Waals surface area contributed by atoms with Crippen LogP contribution in [0, 0.1) is 5.92 Å². The van der Waals surface area contributed by atoms with Crippen molar-refractivity contribution in [2.45, 2.75) is 26.3 Å². The third-order valence-corrected chi connectivity index (χ3v) is 4.50. The van der Waals surface area contributed by atoms with Crippen LogP contribution in [0.3, 0.4) is 0 Å². The van der Waals surface area contributed by atoms with Crippen molar-refractivity contribution in [3.8, 4) is 11.3 Å².